The summed E-state index contributed by atoms with van der Waals surface area (Å²) in [6.45, 7) is 2.16. The van der Waals surface area contributed by atoms with Crippen molar-refractivity contribution in [2.75, 3.05) is 13.1 Å². The molecule has 1 unspecified atom stereocenters. The van der Waals surface area contributed by atoms with Crippen molar-refractivity contribution >= 4 is 5.91 Å². The van der Waals surface area contributed by atoms with Crippen molar-refractivity contribution in [3.63, 3.8) is 0 Å². The van der Waals surface area contributed by atoms with Crippen LogP contribution in [-0.4, -0.2) is 40.2 Å². The maximum atomic E-state index is 12.4. The molecule has 1 aliphatic rings. The Bertz CT molecular complexity index is 598. The molecule has 23 heavy (non-hydrogen) atoms. The zero-order valence-corrected chi connectivity index (χ0v) is 13.3. The van der Waals surface area contributed by atoms with Gasteiger partial charge in [-0.15, -0.1) is 0 Å². The van der Waals surface area contributed by atoms with E-state index < -0.39 is 0 Å². The van der Waals surface area contributed by atoms with E-state index >= 15 is 0 Å². The van der Waals surface area contributed by atoms with Crippen LogP contribution >= 0.6 is 0 Å². The van der Waals surface area contributed by atoms with Crippen LogP contribution in [0, 0.1) is 0 Å². The number of hydrogen-bond acceptors (Lipinski definition) is 3. The van der Waals surface area contributed by atoms with Gasteiger partial charge in [-0.1, -0.05) is 30.3 Å². The predicted octanol–water partition coefficient (Wildman–Crippen LogP) is 2.55. The SMILES string of the molecule is O=C(CCc1cn[nH]c1)N1CCCC(OCc2ccccc2)C1. The van der Waals surface area contributed by atoms with E-state index in [9.17, 15) is 4.79 Å². The summed E-state index contributed by atoms with van der Waals surface area (Å²) < 4.78 is 5.99. The van der Waals surface area contributed by atoms with Gasteiger partial charge in [-0.2, -0.15) is 5.10 Å². The number of aromatic amines is 1. The number of H-pyrrole nitrogens is 1. The van der Waals surface area contributed by atoms with E-state index in [1.165, 1.54) is 5.56 Å². The molecule has 0 bridgehead atoms. The number of hydrogen-bond donors (Lipinski definition) is 1. The second-order valence-corrected chi connectivity index (χ2v) is 6.01. The van der Waals surface area contributed by atoms with Crippen molar-refractivity contribution in [2.45, 2.75) is 38.4 Å². The molecule has 0 aliphatic carbocycles. The molecule has 1 atom stereocenters. The molecular weight excluding hydrogens is 290 g/mol. The molecule has 2 aromatic rings. The van der Waals surface area contributed by atoms with Gasteiger partial charge < -0.3 is 9.64 Å². The smallest absolute Gasteiger partial charge is 0.222 e. The van der Waals surface area contributed by atoms with Crippen molar-refractivity contribution in [2.24, 2.45) is 0 Å². The standard InChI is InChI=1S/C18H23N3O2/c22-18(9-8-16-11-19-20-12-16)21-10-4-7-17(13-21)23-14-15-5-2-1-3-6-15/h1-3,5-6,11-12,17H,4,7-10,13-14H2,(H,19,20). The number of ether oxygens (including phenoxy) is 1. The summed E-state index contributed by atoms with van der Waals surface area (Å²) in [6.07, 6.45) is 7.06. The highest BCUT2D eigenvalue weighted by atomic mass is 16.5. The van der Waals surface area contributed by atoms with Crippen molar-refractivity contribution < 1.29 is 9.53 Å². The lowest BCUT2D eigenvalue weighted by molar-refractivity contribution is -0.135. The first-order valence-electron chi connectivity index (χ1n) is 8.22. The number of carbonyl (C=O) groups excluding carboxylic acids is 1. The molecule has 1 fully saturated rings. The molecule has 0 radical (unpaired) electrons. The lowest BCUT2D eigenvalue weighted by Gasteiger charge is -2.32. The number of aromatic nitrogens is 2. The first-order chi connectivity index (χ1) is 11.3. The lowest BCUT2D eigenvalue weighted by atomic mass is 10.1. The summed E-state index contributed by atoms with van der Waals surface area (Å²) in [5.74, 6) is 0.208. The summed E-state index contributed by atoms with van der Waals surface area (Å²) in [7, 11) is 0. The van der Waals surface area contributed by atoms with Gasteiger partial charge in [0.05, 0.1) is 18.9 Å². The minimum absolute atomic E-state index is 0.141. The molecule has 1 saturated heterocycles. The number of aryl methyl sites for hydroxylation is 1. The van der Waals surface area contributed by atoms with Crippen LogP contribution in [-0.2, 0) is 22.6 Å². The average molecular weight is 313 g/mol. The molecule has 3 rings (SSSR count). The number of nitrogens with one attached hydrogen (secondary N) is 1. The van der Waals surface area contributed by atoms with Crippen LogP contribution in [0.25, 0.3) is 0 Å². The van der Waals surface area contributed by atoms with E-state index in [-0.39, 0.29) is 12.0 Å². The van der Waals surface area contributed by atoms with Gasteiger partial charge in [0.25, 0.3) is 0 Å². The number of benzene rings is 1. The Labute approximate surface area is 136 Å². The van der Waals surface area contributed by atoms with Crippen molar-refractivity contribution in [3.8, 4) is 0 Å². The third-order valence-corrected chi connectivity index (χ3v) is 4.24. The highest BCUT2D eigenvalue weighted by Crippen LogP contribution is 2.16. The third-order valence-electron chi connectivity index (χ3n) is 4.24. The Balaban J connectivity index is 1.44. The first kappa shape index (κ1) is 15.7. The van der Waals surface area contributed by atoms with E-state index in [2.05, 4.69) is 22.3 Å². The second kappa shape index (κ2) is 7.92. The van der Waals surface area contributed by atoms with Gasteiger partial charge in [0.2, 0.25) is 5.91 Å². The quantitative estimate of drug-likeness (QED) is 0.891. The summed E-state index contributed by atoms with van der Waals surface area (Å²) in [6, 6.07) is 10.2. The van der Waals surface area contributed by atoms with E-state index in [4.69, 9.17) is 4.74 Å². The fourth-order valence-electron chi connectivity index (χ4n) is 2.91. The minimum Gasteiger partial charge on any atom is -0.372 e. The van der Waals surface area contributed by atoms with Crippen molar-refractivity contribution in [1.29, 1.82) is 0 Å². The number of amides is 1. The predicted molar refractivity (Wildman–Crippen MR) is 87.7 cm³/mol. The number of rotatable bonds is 6. The zero-order chi connectivity index (χ0) is 15.9. The maximum absolute atomic E-state index is 12.4. The van der Waals surface area contributed by atoms with Crippen molar-refractivity contribution in [1.82, 2.24) is 15.1 Å². The zero-order valence-electron chi connectivity index (χ0n) is 13.3. The van der Waals surface area contributed by atoms with Crippen LogP contribution in [0.2, 0.25) is 0 Å². The first-order valence-corrected chi connectivity index (χ1v) is 8.22. The Morgan fingerprint density at radius 3 is 2.96 bits per heavy atom. The van der Waals surface area contributed by atoms with E-state index in [0.29, 0.717) is 19.6 Å². The van der Waals surface area contributed by atoms with Gasteiger partial charge in [-0.25, -0.2) is 0 Å². The van der Waals surface area contributed by atoms with Gasteiger partial charge in [0, 0.05) is 25.7 Å². The fraction of sp³-hybridized carbons (Fsp3) is 0.444. The summed E-state index contributed by atoms with van der Waals surface area (Å²) in [5, 5.41) is 6.69. The molecular formula is C18H23N3O2. The topological polar surface area (TPSA) is 58.2 Å². The van der Waals surface area contributed by atoms with Gasteiger partial charge in [0.15, 0.2) is 0 Å². The van der Waals surface area contributed by atoms with Gasteiger partial charge in [-0.3, -0.25) is 9.89 Å². The number of carbonyl (C=O) groups is 1. The molecule has 2 heterocycles. The second-order valence-electron chi connectivity index (χ2n) is 6.01. The van der Waals surface area contributed by atoms with Gasteiger partial charge in [-0.05, 0) is 30.4 Å². The molecule has 0 saturated carbocycles. The largest absolute Gasteiger partial charge is 0.372 e. The fourth-order valence-corrected chi connectivity index (χ4v) is 2.91. The molecule has 1 aliphatic heterocycles. The van der Waals surface area contributed by atoms with E-state index in [1.807, 2.05) is 29.3 Å². The molecule has 1 amide bonds. The molecule has 5 heteroatoms. The monoisotopic (exact) mass is 313 g/mol. The van der Waals surface area contributed by atoms with Crippen LogP contribution in [0.15, 0.2) is 42.7 Å². The van der Waals surface area contributed by atoms with Gasteiger partial charge in [0.1, 0.15) is 0 Å². The Kier molecular flexibility index (Phi) is 5.42. The molecule has 1 aromatic carbocycles. The van der Waals surface area contributed by atoms with Crippen LogP contribution in [0.3, 0.4) is 0 Å². The third kappa shape index (κ3) is 4.66. The number of nitrogens with zero attached hydrogens (tertiary/aromatic N) is 2. The maximum Gasteiger partial charge on any atom is 0.222 e. The van der Waals surface area contributed by atoms with Crippen molar-refractivity contribution in [3.05, 3.63) is 53.9 Å². The molecule has 122 valence electrons. The number of piperidine rings is 1. The Morgan fingerprint density at radius 2 is 2.17 bits per heavy atom. The molecule has 0 spiro atoms. The van der Waals surface area contributed by atoms with Crippen LogP contribution in [0.5, 0.6) is 0 Å². The highest BCUT2D eigenvalue weighted by molar-refractivity contribution is 5.76. The summed E-state index contributed by atoms with van der Waals surface area (Å²) in [5.41, 5.74) is 2.25. The lowest BCUT2D eigenvalue weighted by Crippen LogP contribution is -2.43. The Morgan fingerprint density at radius 1 is 1.30 bits per heavy atom. The number of likely N-dealkylation sites (tertiary alicyclic amines) is 1. The highest BCUT2D eigenvalue weighted by Gasteiger charge is 2.23. The molecule has 1 aromatic heterocycles. The normalized spacial score (nSPS) is 18.1. The van der Waals surface area contributed by atoms with Crippen LogP contribution in [0.1, 0.15) is 30.4 Å². The average Bonchev–Trinajstić information content (AvgIpc) is 3.12. The van der Waals surface area contributed by atoms with Gasteiger partial charge >= 0.3 is 0 Å². The molecule has 5 nitrogen and oxygen atoms in total. The van der Waals surface area contributed by atoms with Crippen LogP contribution in [0.4, 0.5) is 0 Å². The minimum atomic E-state index is 0.141. The van der Waals surface area contributed by atoms with Crippen LogP contribution < -0.4 is 0 Å². The molecule has 1 N–H and O–H groups in total. The summed E-state index contributed by atoms with van der Waals surface area (Å²) in [4.78, 5) is 14.3. The van der Waals surface area contributed by atoms with E-state index in [0.717, 1.165) is 31.4 Å². The Hall–Kier alpha value is -2.14. The van der Waals surface area contributed by atoms with E-state index in [1.54, 1.807) is 6.20 Å². The summed E-state index contributed by atoms with van der Waals surface area (Å²) >= 11 is 0.